The summed E-state index contributed by atoms with van der Waals surface area (Å²) in [5, 5.41) is 4.09. The van der Waals surface area contributed by atoms with Crippen LogP contribution in [0.15, 0.2) is 24.3 Å². The highest BCUT2D eigenvalue weighted by Crippen LogP contribution is 2.27. The van der Waals surface area contributed by atoms with E-state index in [-0.39, 0.29) is 23.8 Å². The Labute approximate surface area is 175 Å². The third kappa shape index (κ3) is 4.42. The van der Waals surface area contributed by atoms with E-state index < -0.39 is 0 Å². The highest BCUT2D eigenvalue weighted by molar-refractivity contribution is 7.99. The van der Waals surface area contributed by atoms with E-state index in [2.05, 4.69) is 10.2 Å². The molecule has 6 nitrogen and oxygen atoms in total. The maximum atomic E-state index is 12.8. The van der Waals surface area contributed by atoms with E-state index >= 15 is 0 Å². The van der Waals surface area contributed by atoms with Crippen LogP contribution < -0.4 is 10.2 Å². The van der Waals surface area contributed by atoms with Gasteiger partial charge in [-0.25, -0.2) is 0 Å². The van der Waals surface area contributed by atoms with Gasteiger partial charge in [-0.2, -0.15) is 0 Å². The van der Waals surface area contributed by atoms with E-state index in [1.807, 2.05) is 34.1 Å². The van der Waals surface area contributed by atoms with Crippen LogP contribution in [-0.2, 0) is 9.59 Å². The van der Waals surface area contributed by atoms with Crippen molar-refractivity contribution in [1.82, 2.24) is 15.1 Å². The number of benzene rings is 1. The molecular weight excluding hydrogens is 396 g/mol. The number of anilines is 1. The first-order chi connectivity index (χ1) is 13.6. The number of piperazine rings is 1. The van der Waals surface area contributed by atoms with E-state index in [1.165, 1.54) is 0 Å². The third-order valence-electron chi connectivity index (χ3n) is 5.87. The molecule has 3 fully saturated rings. The topological polar surface area (TPSA) is 55.9 Å². The van der Waals surface area contributed by atoms with Gasteiger partial charge in [0, 0.05) is 44.9 Å². The third-order valence-corrected chi connectivity index (χ3v) is 7.16. The van der Waals surface area contributed by atoms with Crippen molar-refractivity contribution in [3.63, 3.8) is 0 Å². The highest BCUT2D eigenvalue weighted by Gasteiger charge is 2.35. The monoisotopic (exact) mass is 422 g/mol. The number of nitrogens with zero attached hydrogens (tertiary/aromatic N) is 3. The second-order valence-corrected chi connectivity index (χ2v) is 9.21. The second kappa shape index (κ2) is 8.93. The van der Waals surface area contributed by atoms with Crippen molar-refractivity contribution in [2.75, 3.05) is 55.8 Å². The summed E-state index contributed by atoms with van der Waals surface area (Å²) >= 11 is 8.10. The summed E-state index contributed by atoms with van der Waals surface area (Å²) in [5.41, 5.74) is 1.04. The lowest BCUT2D eigenvalue weighted by molar-refractivity contribution is -0.133. The van der Waals surface area contributed by atoms with Crippen LogP contribution in [0.1, 0.15) is 12.8 Å². The summed E-state index contributed by atoms with van der Waals surface area (Å²) < 4.78 is 0. The maximum Gasteiger partial charge on any atom is 0.240 e. The van der Waals surface area contributed by atoms with Gasteiger partial charge in [0.1, 0.15) is 0 Å². The molecule has 1 N–H and O–H groups in total. The number of halogens is 1. The largest absolute Gasteiger partial charge is 0.367 e. The number of carbonyl (C=O) groups is 2. The SMILES string of the molecule is O=C(CC1CN[C@H](C(=O)N2CCSC2)C1)N1CCN(c2ccccc2Cl)CC1. The first-order valence-corrected chi connectivity index (χ1v) is 11.5. The van der Waals surface area contributed by atoms with Gasteiger partial charge < -0.3 is 20.0 Å². The molecule has 2 amide bonds. The van der Waals surface area contributed by atoms with E-state index in [4.69, 9.17) is 11.6 Å². The standard InChI is InChI=1S/C20H27ClN4O2S/c21-16-3-1-2-4-18(16)23-5-7-24(8-6-23)19(26)12-15-11-17(22-13-15)20(27)25-9-10-28-14-25/h1-4,15,17,22H,5-14H2/t15?,17-/m0/s1. The predicted octanol–water partition coefficient (Wildman–Crippen LogP) is 1.89. The number of nitrogens with one attached hydrogen (secondary N) is 1. The molecule has 3 saturated heterocycles. The Morgan fingerprint density at radius 3 is 2.61 bits per heavy atom. The minimum Gasteiger partial charge on any atom is -0.367 e. The molecular formula is C20H27ClN4O2S. The molecule has 0 aromatic heterocycles. The van der Waals surface area contributed by atoms with Crippen LogP contribution in [0, 0.1) is 5.92 Å². The van der Waals surface area contributed by atoms with Crippen molar-refractivity contribution >= 4 is 40.9 Å². The molecule has 1 unspecified atom stereocenters. The summed E-state index contributed by atoms with van der Waals surface area (Å²) in [7, 11) is 0. The molecule has 8 heteroatoms. The van der Waals surface area contributed by atoms with E-state index in [1.54, 1.807) is 11.8 Å². The molecule has 0 spiro atoms. The van der Waals surface area contributed by atoms with Gasteiger partial charge in [0.2, 0.25) is 11.8 Å². The molecule has 0 saturated carbocycles. The summed E-state index contributed by atoms with van der Waals surface area (Å²) in [6.45, 7) is 4.64. The number of hydrogen-bond acceptors (Lipinski definition) is 5. The quantitative estimate of drug-likeness (QED) is 0.803. The lowest BCUT2D eigenvalue weighted by atomic mass is 10.00. The molecule has 4 rings (SSSR count). The molecule has 0 radical (unpaired) electrons. The molecule has 0 aliphatic carbocycles. The average Bonchev–Trinajstić information content (AvgIpc) is 3.40. The first kappa shape index (κ1) is 19.9. The normalized spacial score (nSPS) is 25.4. The highest BCUT2D eigenvalue weighted by atomic mass is 35.5. The van der Waals surface area contributed by atoms with Gasteiger partial charge in [0.15, 0.2) is 0 Å². The zero-order chi connectivity index (χ0) is 19.5. The van der Waals surface area contributed by atoms with Crippen molar-refractivity contribution in [3.05, 3.63) is 29.3 Å². The minimum atomic E-state index is -0.117. The van der Waals surface area contributed by atoms with Gasteiger partial charge in [-0.05, 0) is 31.0 Å². The lowest BCUT2D eigenvalue weighted by Gasteiger charge is -2.36. The van der Waals surface area contributed by atoms with Crippen LogP contribution in [0.2, 0.25) is 5.02 Å². The number of para-hydroxylation sites is 1. The summed E-state index contributed by atoms with van der Waals surface area (Å²) in [4.78, 5) is 31.4. The summed E-state index contributed by atoms with van der Waals surface area (Å²) in [6, 6.07) is 7.74. The van der Waals surface area contributed by atoms with E-state index in [9.17, 15) is 9.59 Å². The van der Waals surface area contributed by atoms with Crippen LogP contribution in [0.3, 0.4) is 0 Å². The Hall–Kier alpha value is -1.44. The molecule has 3 aliphatic rings. The van der Waals surface area contributed by atoms with Crippen molar-refractivity contribution in [2.24, 2.45) is 5.92 Å². The maximum absolute atomic E-state index is 12.8. The van der Waals surface area contributed by atoms with Crippen molar-refractivity contribution < 1.29 is 9.59 Å². The predicted molar refractivity (Wildman–Crippen MR) is 114 cm³/mol. The molecule has 3 heterocycles. The lowest BCUT2D eigenvalue weighted by Crippen LogP contribution is -2.49. The molecule has 28 heavy (non-hydrogen) atoms. The molecule has 152 valence electrons. The molecule has 0 bridgehead atoms. The zero-order valence-electron chi connectivity index (χ0n) is 16.0. The Balaban J connectivity index is 1.24. The fraction of sp³-hybridized carbons (Fsp3) is 0.600. The smallest absolute Gasteiger partial charge is 0.240 e. The van der Waals surface area contributed by atoms with Crippen molar-refractivity contribution in [1.29, 1.82) is 0 Å². The number of carbonyl (C=O) groups excluding carboxylic acids is 2. The van der Waals surface area contributed by atoms with Gasteiger partial charge in [-0.3, -0.25) is 9.59 Å². The van der Waals surface area contributed by atoms with Gasteiger partial charge in [0.05, 0.1) is 22.6 Å². The van der Waals surface area contributed by atoms with Crippen LogP contribution in [0.25, 0.3) is 0 Å². The first-order valence-electron chi connectivity index (χ1n) is 9.99. The molecule has 1 aromatic carbocycles. The van der Waals surface area contributed by atoms with Gasteiger partial charge in [0.25, 0.3) is 0 Å². The van der Waals surface area contributed by atoms with Gasteiger partial charge in [-0.15, -0.1) is 11.8 Å². The van der Waals surface area contributed by atoms with E-state index in [0.29, 0.717) is 6.42 Å². The number of hydrogen-bond donors (Lipinski definition) is 1. The number of amides is 2. The fourth-order valence-electron chi connectivity index (χ4n) is 4.24. The number of thioether (sulfide) groups is 1. The second-order valence-electron chi connectivity index (χ2n) is 7.72. The zero-order valence-corrected chi connectivity index (χ0v) is 17.6. The Morgan fingerprint density at radius 1 is 1.11 bits per heavy atom. The van der Waals surface area contributed by atoms with Crippen LogP contribution in [-0.4, -0.2) is 78.6 Å². The van der Waals surface area contributed by atoms with Crippen molar-refractivity contribution in [3.8, 4) is 0 Å². The molecule has 1 aromatic rings. The molecule has 3 aliphatic heterocycles. The fourth-order valence-corrected chi connectivity index (χ4v) is 5.45. The van der Waals surface area contributed by atoms with Crippen molar-refractivity contribution in [2.45, 2.75) is 18.9 Å². The Bertz CT molecular complexity index is 720. The van der Waals surface area contributed by atoms with Crippen LogP contribution in [0.5, 0.6) is 0 Å². The minimum absolute atomic E-state index is 0.117. The summed E-state index contributed by atoms with van der Waals surface area (Å²) in [5.74, 6) is 2.48. The molecule has 2 atom stereocenters. The van der Waals surface area contributed by atoms with E-state index in [0.717, 1.165) is 68.0 Å². The summed E-state index contributed by atoms with van der Waals surface area (Å²) in [6.07, 6.45) is 1.29. The van der Waals surface area contributed by atoms with Gasteiger partial charge >= 0.3 is 0 Å². The van der Waals surface area contributed by atoms with Crippen LogP contribution >= 0.6 is 23.4 Å². The Kier molecular flexibility index (Phi) is 6.33. The van der Waals surface area contributed by atoms with Gasteiger partial charge in [-0.1, -0.05) is 23.7 Å². The van der Waals surface area contributed by atoms with Crippen LogP contribution in [0.4, 0.5) is 5.69 Å². The average molecular weight is 423 g/mol. The number of rotatable bonds is 4. The Morgan fingerprint density at radius 2 is 1.89 bits per heavy atom.